The van der Waals surface area contributed by atoms with Gasteiger partial charge in [-0.25, -0.2) is 10.5 Å². The van der Waals surface area contributed by atoms with Crippen molar-refractivity contribution < 1.29 is 23.4 Å². The normalized spacial score (nSPS) is 8.43. The second kappa shape index (κ2) is 6.99. The van der Waals surface area contributed by atoms with Crippen LogP contribution in [0.5, 0.6) is 0 Å². The molecule has 5 nitrogen and oxygen atoms in total. The molecular formula is H3NaO5S. The molecule has 0 aromatic rings. The van der Waals surface area contributed by atoms with Crippen LogP contribution >= 0.6 is 0 Å². The van der Waals surface area contributed by atoms with E-state index in [4.69, 9.17) is 10.5 Å². The van der Waals surface area contributed by atoms with Crippen molar-refractivity contribution in [1.82, 2.24) is 0 Å². The van der Waals surface area contributed by atoms with E-state index in [1.807, 2.05) is 0 Å². The molecule has 0 aliphatic rings. The average molecular weight is 138 g/mol. The van der Waals surface area contributed by atoms with Crippen LogP contribution in [0.2, 0.25) is 0 Å². The molecule has 0 heterocycles. The third-order valence-corrected chi connectivity index (χ3v) is 0.365. The summed E-state index contributed by atoms with van der Waals surface area (Å²) in [5.41, 5.74) is 0. The van der Waals surface area contributed by atoms with E-state index < -0.39 is 11.4 Å². The van der Waals surface area contributed by atoms with Crippen LogP contribution in [0.1, 0.15) is 0 Å². The molecule has 2 N–H and O–H groups in total. The summed E-state index contributed by atoms with van der Waals surface area (Å²) in [7, 11) is 0. The second-order valence-electron chi connectivity index (χ2n) is 0.353. The standard InChI is InChI=1S/Na.H2O5S.H/c;1-4-6(3)5-2;/h;1-2H;. The minimum atomic E-state index is -2.42. The SMILES string of the molecule is O=S(OO)OO.[NaH]. The summed E-state index contributed by atoms with van der Waals surface area (Å²) in [6.07, 6.45) is 0. The Balaban J connectivity index is 0. The van der Waals surface area contributed by atoms with E-state index in [0.717, 1.165) is 0 Å². The van der Waals surface area contributed by atoms with Crippen molar-refractivity contribution >= 4 is 40.9 Å². The van der Waals surface area contributed by atoms with Crippen LogP contribution in [0.25, 0.3) is 0 Å². The van der Waals surface area contributed by atoms with E-state index in [9.17, 15) is 4.21 Å². The molecule has 0 radical (unpaired) electrons. The number of hydrogen-bond acceptors (Lipinski definition) is 5. The van der Waals surface area contributed by atoms with Crippen LogP contribution in [0.15, 0.2) is 0 Å². The van der Waals surface area contributed by atoms with Crippen LogP contribution in [-0.2, 0) is 20.0 Å². The molecule has 40 valence electrons. The topological polar surface area (TPSA) is 76.0 Å². The van der Waals surface area contributed by atoms with Crippen LogP contribution < -0.4 is 0 Å². The van der Waals surface area contributed by atoms with Crippen molar-refractivity contribution in [2.24, 2.45) is 0 Å². The number of rotatable bonds is 2. The van der Waals surface area contributed by atoms with Crippen LogP contribution in [0.3, 0.4) is 0 Å². The van der Waals surface area contributed by atoms with E-state index in [2.05, 4.69) is 8.67 Å². The zero-order valence-corrected chi connectivity index (χ0v) is 3.34. The molecule has 0 bridgehead atoms. The summed E-state index contributed by atoms with van der Waals surface area (Å²) in [6.45, 7) is 0. The summed E-state index contributed by atoms with van der Waals surface area (Å²) in [5.74, 6) is 0. The molecule has 0 aromatic heterocycles. The van der Waals surface area contributed by atoms with Crippen LogP contribution in [-0.4, -0.2) is 44.3 Å². The molecule has 7 heteroatoms. The van der Waals surface area contributed by atoms with Gasteiger partial charge in [0.25, 0.3) is 0 Å². The summed E-state index contributed by atoms with van der Waals surface area (Å²) in [4.78, 5) is 0. The van der Waals surface area contributed by atoms with Crippen LogP contribution in [0.4, 0.5) is 0 Å². The van der Waals surface area contributed by atoms with E-state index >= 15 is 0 Å². The Morgan fingerprint density at radius 2 is 1.57 bits per heavy atom. The first-order valence-corrected chi connectivity index (χ1v) is 1.87. The summed E-state index contributed by atoms with van der Waals surface area (Å²) in [5, 5.41) is 14.5. The molecule has 0 rings (SSSR count). The monoisotopic (exact) mass is 138 g/mol. The van der Waals surface area contributed by atoms with Gasteiger partial charge in [0.15, 0.2) is 0 Å². The van der Waals surface area contributed by atoms with E-state index in [0.29, 0.717) is 0 Å². The van der Waals surface area contributed by atoms with Gasteiger partial charge >= 0.3 is 40.9 Å². The molecule has 0 saturated carbocycles. The Bertz CT molecular complexity index is 46.0. The van der Waals surface area contributed by atoms with Gasteiger partial charge in [-0.1, -0.05) is 0 Å². The fourth-order valence-corrected chi connectivity index (χ4v) is 0.0408. The van der Waals surface area contributed by atoms with Gasteiger partial charge in [0.2, 0.25) is 0 Å². The summed E-state index contributed by atoms with van der Waals surface area (Å²) < 4.78 is 15.1. The van der Waals surface area contributed by atoms with Gasteiger partial charge in [-0.05, 0) is 0 Å². The van der Waals surface area contributed by atoms with Crippen molar-refractivity contribution in [2.45, 2.75) is 0 Å². The van der Waals surface area contributed by atoms with Gasteiger partial charge < -0.3 is 0 Å². The fourth-order valence-electron chi connectivity index (χ4n) is 0.0136. The first-order chi connectivity index (χ1) is 2.81. The average Bonchev–Trinajstić information content (AvgIpc) is 1.65. The summed E-state index contributed by atoms with van der Waals surface area (Å²) >= 11 is -2.42. The first-order valence-electron chi connectivity index (χ1n) is 0.865. The molecule has 0 aromatic carbocycles. The maximum atomic E-state index is 9.35. The second-order valence-corrected chi connectivity index (χ2v) is 1.06. The molecule has 0 amide bonds. The van der Waals surface area contributed by atoms with Crippen LogP contribution in [0, 0.1) is 0 Å². The third-order valence-electron chi connectivity index (χ3n) is 0.122. The van der Waals surface area contributed by atoms with Gasteiger partial charge in [-0.15, -0.1) is 8.67 Å². The summed E-state index contributed by atoms with van der Waals surface area (Å²) in [6, 6.07) is 0. The Morgan fingerprint density at radius 1 is 1.29 bits per heavy atom. The molecular weight excluding hydrogens is 135 g/mol. The zero-order chi connectivity index (χ0) is 4.99. The fraction of sp³-hybridized carbons (Fsp3) is 0. The molecule has 0 spiro atoms. The minimum absolute atomic E-state index is 0. The quantitative estimate of drug-likeness (QED) is 0.287. The first kappa shape index (κ1) is 10.9. The number of hydrogen-bond donors (Lipinski definition) is 2. The van der Waals surface area contributed by atoms with Crippen molar-refractivity contribution in [1.29, 1.82) is 0 Å². The Morgan fingerprint density at radius 3 is 1.57 bits per heavy atom. The van der Waals surface area contributed by atoms with E-state index in [1.54, 1.807) is 0 Å². The molecule has 0 fully saturated rings. The zero-order valence-electron chi connectivity index (χ0n) is 2.53. The third kappa shape index (κ3) is 6.99. The Kier molecular flexibility index (Phi) is 10.9. The van der Waals surface area contributed by atoms with Gasteiger partial charge in [0, 0.05) is 0 Å². The molecule has 0 aliphatic heterocycles. The van der Waals surface area contributed by atoms with Crippen molar-refractivity contribution in [3.8, 4) is 0 Å². The molecule has 7 heavy (non-hydrogen) atoms. The Hall–Kier alpha value is 0.990. The van der Waals surface area contributed by atoms with Crippen molar-refractivity contribution in [3.05, 3.63) is 0 Å². The van der Waals surface area contributed by atoms with Gasteiger partial charge in [0.1, 0.15) is 0 Å². The molecule has 0 aliphatic carbocycles. The van der Waals surface area contributed by atoms with Gasteiger partial charge in [-0.3, -0.25) is 0 Å². The molecule has 0 unspecified atom stereocenters. The molecule has 0 atom stereocenters. The predicted octanol–water partition coefficient (Wildman–Crippen LogP) is -1.10. The van der Waals surface area contributed by atoms with Crippen molar-refractivity contribution in [3.63, 3.8) is 0 Å². The maximum absolute atomic E-state index is 9.35. The van der Waals surface area contributed by atoms with Gasteiger partial charge in [-0.2, -0.15) is 4.21 Å². The van der Waals surface area contributed by atoms with Crippen molar-refractivity contribution in [2.75, 3.05) is 0 Å². The van der Waals surface area contributed by atoms with E-state index in [1.165, 1.54) is 0 Å². The predicted molar refractivity (Wildman–Crippen MR) is 22.7 cm³/mol. The molecule has 0 saturated heterocycles. The van der Waals surface area contributed by atoms with E-state index in [-0.39, 0.29) is 29.6 Å². The van der Waals surface area contributed by atoms with Gasteiger partial charge in [0.05, 0.1) is 0 Å². The Labute approximate surface area is 64.3 Å².